The summed E-state index contributed by atoms with van der Waals surface area (Å²) in [6, 6.07) is 25.0. The molecule has 3 aromatic carbocycles. The van der Waals surface area contributed by atoms with Crippen molar-refractivity contribution >= 4 is 36.9 Å². The molecule has 2 unspecified atom stereocenters. The number of benzene rings is 3. The first kappa shape index (κ1) is 45.2. The molecule has 0 nitrogen and oxygen atoms in total. The maximum atomic E-state index is 4.18. The molecular formula is C40H55Cl3Si2Ti. The SMILES string of the molecule is CC1=[C-]C(C)([Si](c2ccc([Si](C)(C)C)cc2)(c2cc(C)cc(C)c2)c2cc(C(C)(C)C)cc(C(C)(C)C)c2)C(C)=C1C.[Cl-].[Cl-].[Cl-].[Ti+4]. The van der Waals surface area contributed by atoms with Crippen LogP contribution in [-0.4, -0.2) is 16.1 Å². The van der Waals surface area contributed by atoms with Crippen LogP contribution in [0.1, 0.15) is 91.5 Å². The smallest absolute Gasteiger partial charge is 1.00 e. The average molecular weight is 746 g/mol. The van der Waals surface area contributed by atoms with Gasteiger partial charge in [0.25, 0.3) is 0 Å². The normalized spacial score (nSPS) is 17.9. The summed E-state index contributed by atoms with van der Waals surface area (Å²) < 4.78 is 0. The molecule has 2 atom stereocenters. The van der Waals surface area contributed by atoms with Crippen LogP contribution in [0.15, 0.2) is 77.4 Å². The first-order valence-corrected chi connectivity index (χ1v) is 21.3. The van der Waals surface area contributed by atoms with Gasteiger partial charge in [0.05, 0.1) is 8.07 Å². The van der Waals surface area contributed by atoms with Gasteiger partial charge >= 0.3 is 21.7 Å². The number of halogens is 3. The van der Waals surface area contributed by atoms with Crippen LogP contribution in [0.3, 0.4) is 0 Å². The Balaban J connectivity index is 0.00000506. The third-order valence-corrected chi connectivity index (χ3v) is 17.6. The molecule has 0 radical (unpaired) electrons. The molecule has 1 aliphatic carbocycles. The van der Waals surface area contributed by atoms with E-state index in [1.54, 1.807) is 0 Å². The van der Waals surface area contributed by atoms with E-state index in [0.29, 0.717) is 0 Å². The molecular weight excluding hydrogens is 691 g/mol. The van der Waals surface area contributed by atoms with Crippen LogP contribution in [0.4, 0.5) is 0 Å². The second kappa shape index (κ2) is 15.4. The van der Waals surface area contributed by atoms with Gasteiger partial charge in [-0.05, 0) is 51.4 Å². The number of rotatable bonds is 5. The maximum absolute atomic E-state index is 4.18. The molecule has 46 heavy (non-hydrogen) atoms. The molecule has 0 aromatic heterocycles. The van der Waals surface area contributed by atoms with Gasteiger partial charge in [-0.1, -0.05) is 164 Å². The minimum Gasteiger partial charge on any atom is -1.00 e. The summed E-state index contributed by atoms with van der Waals surface area (Å²) in [5.41, 5.74) is 9.77. The summed E-state index contributed by atoms with van der Waals surface area (Å²) >= 11 is 0. The van der Waals surface area contributed by atoms with Crippen molar-refractivity contribution in [3.05, 3.63) is 106 Å². The molecule has 0 N–H and O–H groups in total. The zero-order chi connectivity index (χ0) is 31.6. The maximum Gasteiger partial charge on any atom is 4.00 e. The van der Waals surface area contributed by atoms with E-state index in [9.17, 15) is 0 Å². The second-order valence-corrected chi connectivity index (χ2v) is 25.7. The Kier molecular flexibility index (Phi) is 15.1. The third-order valence-electron chi connectivity index (χ3n) is 10.00. The van der Waals surface area contributed by atoms with Gasteiger partial charge < -0.3 is 37.2 Å². The molecule has 0 saturated heterocycles. The van der Waals surface area contributed by atoms with Gasteiger partial charge in [-0.15, -0.1) is 6.92 Å². The topological polar surface area (TPSA) is 0 Å². The van der Waals surface area contributed by atoms with Gasteiger partial charge in [0.2, 0.25) is 0 Å². The molecule has 3 aromatic rings. The van der Waals surface area contributed by atoms with Crippen LogP contribution >= 0.6 is 0 Å². The van der Waals surface area contributed by atoms with E-state index in [1.165, 1.54) is 59.7 Å². The second-order valence-electron chi connectivity index (χ2n) is 16.4. The summed E-state index contributed by atoms with van der Waals surface area (Å²) in [5.74, 6) is 0. The first-order valence-electron chi connectivity index (χ1n) is 15.8. The minimum atomic E-state index is -2.80. The third kappa shape index (κ3) is 8.13. The van der Waals surface area contributed by atoms with Crippen molar-refractivity contribution in [2.75, 3.05) is 0 Å². The van der Waals surface area contributed by atoms with Crippen molar-refractivity contribution in [2.45, 2.75) is 119 Å². The Morgan fingerprint density at radius 2 is 0.957 bits per heavy atom. The van der Waals surface area contributed by atoms with Gasteiger partial charge in [0.1, 0.15) is 8.07 Å². The average Bonchev–Trinajstić information content (AvgIpc) is 3.05. The fourth-order valence-electron chi connectivity index (χ4n) is 7.08. The zero-order valence-electron chi connectivity index (χ0n) is 30.9. The summed E-state index contributed by atoms with van der Waals surface area (Å²) in [7, 11) is -4.26. The number of hydrogen-bond acceptors (Lipinski definition) is 0. The fourth-order valence-corrected chi connectivity index (χ4v) is 14.4. The molecule has 0 bridgehead atoms. The van der Waals surface area contributed by atoms with Gasteiger partial charge in [-0.25, -0.2) is 5.57 Å². The Morgan fingerprint density at radius 3 is 1.30 bits per heavy atom. The molecule has 0 spiro atoms. The molecule has 248 valence electrons. The Labute approximate surface area is 317 Å². The predicted octanol–water partition coefficient (Wildman–Crippen LogP) is -0.217. The molecule has 1 aliphatic rings. The summed E-state index contributed by atoms with van der Waals surface area (Å²) in [4.78, 5) is 0. The number of aryl methyl sites for hydroxylation is 2. The predicted molar refractivity (Wildman–Crippen MR) is 193 cm³/mol. The van der Waals surface area contributed by atoms with Crippen LogP contribution in [0, 0.1) is 19.9 Å². The molecule has 4 rings (SSSR count). The van der Waals surface area contributed by atoms with Crippen molar-refractivity contribution in [2.24, 2.45) is 0 Å². The molecule has 0 aliphatic heterocycles. The van der Waals surface area contributed by atoms with Crippen molar-refractivity contribution < 1.29 is 58.9 Å². The summed E-state index contributed by atoms with van der Waals surface area (Å²) in [5, 5.41) is 5.75. The van der Waals surface area contributed by atoms with Crippen molar-refractivity contribution in [1.82, 2.24) is 0 Å². The fraction of sp³-hybridized carbons (Fsp3) is 0.450. The first-order chi connectivity index (χ1) is 19.1. The molecule has 0 heterocycles. The Morgan fingerprint density at radius 1 is 0.565 bits per heavy atom. The summed E-state index contributed by atoms with van der Waals surface area (Å²) in [6.07, 6.45) is 4.18. The van der Waals surface area contributed by atoms with E-state index >= 15 is 0 Å². The van der Waals surface area contributed by atoms with Crippen molar-refractivity contribution in [1.29, 1.82) is 0 Å². The van der Waals surface area contributed by atoms with E-state index in [4.69, 9.17) is 0 Å². The van der Waals surface area contributed by atoms with E-state index < -0.39 is 16.1 Å². The van der Waals surface area contributed by atoms with Crippen LogP contribution < -0.4 is 58.0 Å². The molecule has 0 saturated carbocycles. The number of hydrogen-bond donors (Lipinski definition) is 0. The standard InChI is InChI=1S/C40H55Si2.3ClH.Ti/c1-27-20-28(2)22-36(21-27)42(40(12)26-29(3)30(4)31(40)5,35-18-16-34(17-19-35)41(13,14)15)37-24-32(38(6,7)8)23-33(25-37)39(9,10)11;;;;/h16-25H,1-15H3;3*1H;/q-1;;;;+4/p-3. The van der Waals surface area contributed by atoms with Crippen LogP contribution in [0.25, 0.3) is 0 Å². The monoisotopic (exact) mass is 744 g/mol. The van der Waals surface area contributed by atoms with Gasteiger partial charge in [0.15, 0.2) is 0 Å². The minimum absolute atomic E-state index is 0. The molecule has 0 fully saturated rings. The molecule has 6 heteroatoms. The van der Waals surface area contributed by atoms with Crippen molar-refractivity contribution in [3.8, 4) is 0 Å². The Hall–Kier alpha value is -0.842. The van der Waals surface area contributed by atoms with E-state index in [0.717, 1.165) is 0 Å². The Bertz CT molecular complexity index is 1530. The van der Waals surface area contributed by atoms with Gasteiger partial charge in [0, 0.05) is 0 Å². The van der Waals surface area contributed by atoms with Crippen molar-refractivity contribution in [3.63, 3.8) is 0 Å². The van der Waals surface area contributed by atoms with Crippen LogP contribution in [-0.2, 0) is 32.5 Å². The van der Waals surface area contributed by atoms with Crippen LogP contribution in [0.2, 0.25) is 24.7 Å². The van der Waals surface area contributed by atoms with E-state index in [1.807, 2.05) is 0 Å². The molecule has 0 amide bonds. The zero-order valence-corrected chi connectivity index (χ0v) is 36.7. The van der Waals surface area contributed by atoms with E-state index in [-0.39, 0.29) is 74.8 Å². The van der Waals surface area contributed by atoms with E-state index in [2.05, 4.69) is 169 Å². The largest absolute Gasteiger partial charge is 4.00 e. The summed E-state index contributed by atoms with van der Waals surface area (Å²) in [6.45, 7) is 35.6. The quantitative estimate of drug-likeness (QED) is 0.193. The van der Waals surface area contributed by atoms with Gasteiger partial charge in [-0.3, -0.25) is 6.08 Å². The van der Waals surface area contributed by atoms with Gasteiger partial charge in [-0.2, -0.15) is 11.1 Å². The van der Waals surface area contributed by atoms with Crippen LogP contribution in [0.5, 0.6) is 0 Å². The number of allylic oxidation sites excluding steroid dienone is 4.